The number of nitrogens with two attached hydrogens (primary N) is 1. The van der Waals surface area contributed by atoms with E-state index in [1.54, 1.807) is 0 Å². The van der Waals surface area contributed by atoms with Gasteiger partial charge in [0.1, 0.15) is 6.61 Å². The molecule has 8 heteroatoms. The van der Waals surface area contributed by atoms with Gasteiger partial charge in [-0.1, -0.05) is 5.16 Å². The van der Waals surface area contributed by atoms with Gasteiger partial charge in [-0.25, -0.2) is 0 Å². The Bertz CT molecular complexity index is 404. The van der Waals surface area contributed by atoms with Gasteiger partial charge in [-0.2, -0.15) is 18.2 Å². The zero-order valence-electron chi connectivity index (χ0n) is 10.3. The first-order chi connectivity index (χ1) is 8.94. The number of rotatable bonds is 7. The molecule has 1 aromatic rings. The highest BCUT2D eigenvalue weighted by Gasteiger charge is 2.30. The molecule has 1 aromatic heterocycles. The predicted octanol–water partition coefficient (Wildman–Crippen LogP) is 1.47. The average Bonchev–Trinajstić information content (AvgIpc) is 3.07. The van der Waals surface area contributed by atoms with E-state index in [1.165, 1.54) is 0 Å². The van der Waals surface area contributed by atoms with Gasteiger partial charge in [0.05, 0.1) is 6.61 Å². The van der Waals surface area contributed by atoms with E-state index in [9.17, 15) is 13.2 Å². The highest BCUT2D eigenvalue weighted by Crippen LogP contribution is 2.32. The van der Waals surface area contributed by atoms with Gasteiger partial charge in [0.25, 0.3) is 0 Å². The monoisotopic (exact) mass is 279 g/mol. The van der Waals surface area contributed by atoms with Crippen molar-refractivity contribution in [3.63, 3.8) is 0 Å². The van der Waals surface area contributed by atoms with Crippen LogP contribution in [-0.2, 0) is 17.6 Å². The molecular weight excluding hydrogens is 263 g/mol. The molecule has 1 aliphatic carbocycles. The van der Waals surface area contributed by atoms with Crippen molar-refractivity contribution in [3.05, 3.63) is 11.7 Å². The smallest absolute Gasteiger partial charge is 0.372 e. The molecule has 2 rings (SSSR count). The van der Waals surface area contributed by atoms with Gasteiger partial charge in [0.2, 0.25) is 5.89 Å². The molecule has 1 saturated carbocycles. The number of halogens is 3. The Labute approximate surface area is 108 Å². The molecule has 0 bridgehead atoms. The first-order valence-corrected chi connectivity index (χ1v) is 6.15. The zero-order valence-corrected chi connectivity index (χ0v) is 10.3. The number of hydrogen-bond acceptors (Lipinski definition) is 5. The fourth-order valence-electron chi connectivity index (χ4n) is 1.72. The van der Waals surface area contributed by atoms with Gasteiger partial charge in [-0.15, -0.1) is 0 Å². The van der Waals surface area contributed by atoms with Gasteiger partial charge in [-0.3, -0.25) is 0 Å². The largest absolute Gasteiger partial charge is 0.411 e. The van der Waals surface area contributed by atoms with Crippen molar-refractivity contribution in [2.75, 3.05) is 13.2 Å². The van der Waals surface area contributed by atoms with E-state index in [0.717, 1.165) is 12.8 Å². The highest BCUT2D eigenvalue weighted by molar-refractivity contribution is 4.93. The Kier molecular flexibility index (Phi) is 4.41. The quantitative estimate of drug-likeness (QED) is 0.765. The van der Waals surface area contributed by atoms with Gasteiger partial charge >= 0.3 is 6.18 Å². The highest BCUT2D eigenvalue weighted by atomic mass is 19.4. The number of nitrogens with zero attached hydrogens (tertiary/aromatic N) is 2. The molecule has 108 valence electrons. The van der Waals surface area contributed by atoms with Crippen LogP contribution in [0, 0.1) is 5.92 Å². The van der Waals surface area contributed by atoms with Crippen molar-refractivity contribution in [1.29, 1.82) is 0 Å². The van der Waals surface area contributed by atoms with Crippen LogP contribution in [0.5, 0.6) is 0 Å². The van der Waals surface area contributed by atoms with Crippen molar-refractivity contribution in [2.45, 2.75) is 37.9 Å². The van der Waals surface area contributed by atoms with Gasteiger partial charge in [-0.05, 0) is 18.8 Å². The summed E-state index contributed by atoms with van der Waals surface area (Å²) in [4.78, 5) is 4.08. The maximum absolute atomic E-state index is 11.8. The lowest BCUT2D eigenvalue weighted by Gasteiger charge is -2.05. The molecule has 0 aliphatic heterocycles. The molecule has 1 fully saturated rings. The van der Waals surface area contributed by atoms with Gasteiger partial charge < -0.3 is 15.0 Å². The van der Waals surface area contributed by atoms with E-state index < -0.39 is 12.8 Å². The molecule has 0 spiro atoms. The fourth-order valence-corrected chi connectivity index (χ4v) is 1.72. The van der Waals surface area contributed by atoms with E-state index in [0.29, 0.717) is 24.1 Å². The maximum atomic E-state index is 11.8. The third-order valence-corrected chi connectivity index (χ3v) is 2.88. The summed E-state index contributed by atoms with van der Waals surface area (Å²) in [6, 6.07) is 0.0229. The first kappa shape index (κ1) is 14.3. The molecule has 0 aromatic carbocycles. The molecule has 1 aliphatic rings. The fraction of sp³-hybridized carbons (Fsp3) is 0.818. The molecule has 5 nitrogen and oxygen atoms in total. The molecule has 1 heterocycles. The molecular formula is C11H16F3N3O2. The molecule has 1 atom stereocenters. The van der Waals surface area contributed by atoms with Crippen molar-refractivity contribution in [2.24, 2.45) is 11.7 Å². The topological polar surface area (TPSA) is 74.2 Å². The third kappa shape index (κ3) is 5.15. The Balaban J connectivity index is 1.68. The van der Waals surface area contributed by atoms with Crippen LogP contribution in [0.1, 0.15) is 24.6 Å². The van der Waals surface area contributed by atoms with Crippen LogP contribution in [0.4, 0.5) is 13.2 Å². The lowest BCUT2D eigenvalue weighted by atomic mass is 10.1. The van der Waals surface area contributed by atoms with E-state index in [-0.39, 0.29) is 19.1 Å². The summed E-state index contributed by atoms with van der Waals surface area (Å²) in [5, 5.41) is 3.68. The summed E-state index contributed by atoms with van der Waals surface area (Å²) >= 11 is 0. The summed E-state index contributed by atoms with van der Waals surface area (Å²) in [6.45, 7) is -1.35. The second kappa shape index (κ2) is 5.87. The van der Waals surface area contributed by atoms with Gasteiger partial charge in [0, 0.05) is 18.9 Å². The second-order valence-electron chi connectivity index (χ2n) is 4.73. The van der Waals surface area contributed by atoms with Crippen LogP contribution >= 0.6 is 0 Å². The van der Waals surface area contributed by atoms with Crippen molar-refractivity contribution in [1.82, 2.24) is 10.1 Å². The van der Waals surface area contributed by atoms with Crippen LogP contribution in [0.2, 0.25) is 0 Å². The van der Waals surface area contributed by atoms with Crippen LogP contribution in [-0.4, -0.2) is 35.6 Å². The lowest BCUT2D eigenvalue weighted by molar-refractivity contribution is -0.173. The first-order valence-electron chi connectivity index (χ1n) is 6.15. The number of aromatic nitrogens is 2. The SMILES string of the molecule is NC(Cc1nc(CCOCC(F)(F)F)no1)C1CC1. The Morgan fingerprint density at radius 1 is 1.42 bits per heavy atom. The minimum atomic E-state index is -4.31. The third-order valence-electron chi connectivity index (χ3n) is 2.88. The Morgan fingerprint density at radius 2 is 2.16 bits per heavy atom. The van der Waals surface area contributed by atoms with E-state index in [4.69, 9.17) is 10.3 Å². The lowest BCUT2D eigenvalue weighted by Crippen LogP contribution is -2.25. The maximum Gasteiger partial charge on any atom is 0.411 e. The van der Waals surface area contributed by atoms with Crippen LogP contribution in [0.15, 0.2) is 4.52 Å². The standard InChI is InChI=1S/C11H16F3N3O2/c12-11(13,14)6-18-4-3-9-16-10(19-17-9)5-8(15)7-1-2-7/h7-8H,1-6,15H2. The second-order valence-corrected chi connectivity index (χ2v) is 4.73. The summed E-state index contributed by atoms with van der Waals surface area (Å²) in [5.74, 6) is 1.32. The van der Waals surface area contributed by atoms with Crippen LogP contribution in [0.3, 0.4) is 0 Å². The van der Waals surface area contributed by atoms with Crippen LogP contribution < -0.4 is 5.73 Å². The molecule has 1 unspecified atom stereocenters. The predicted molar refractivity (Wildman–Crippen MR) is 59.3 cm³/mol. The van der Waals surface area contributed by atoms with E-state index >= 15 is 0 Å². The number of hydrogen-bond donors (Lipinski definition) is 1. The molecule has 0 saturated heterocycles. The molecule has 19 heavy (non-hydrogen) atoms. The summed E-state index contributed by atoms with van der Waals surface area (Å²) in [6.07, 6.45) is -1.33. The summed E-state index contributed by atoms with van der Waals surface area (Å²) in [5.41, 5.74) is 5.91. The van der Waals surface area contributed by atoms with Gasteiger partial charge in [0.15, 0.2) is 5.82 Å². The normalized spacial score (nSPS) is 17.7. The van der Waals surface area contributed by atoms with E-state index in [2.05, 4.69) is 14.9 Å². The summed E-state index contributed by atoms with van der Waals surface area (Å²) in [7, 11) is 0. The zero-order chi connectivity index (χ0) is 13.9. The molecule has 0 amide bonds. The minimum absolute atomic E-state index is 0.0229. The Morgan fingerprint density at radius 3 is 2.79 bits per heavy atom. The molecule has 0 radical (unpaired) electrons. The average molecular weight is 279 g/mol. The van der Waals surface area contributed by atoms with Crippen molar-refractivity contribution in [3.8, 4) is 0 Å². The number of alkyl halides is 3. The van der Waals surface area contributed by atoms with Crippen LogP contribution in [0.25, 0.3) is 0 Å². The Hall–Kier alpha value is -1.15. The van der Waals surface area contributed by atoms with Crippen molar-refractivity contribution >= 4 is 0 Å². The minimum Gasteiger partial charge on any atom is -0.372 e. The van der Waals surface area contributed by atoms with E-state index in [1.807, 2.05) is 0 Å². The van der Waals surface area contributed by atoms with Crippen molar-refractivity contribution < 1.29 is 22.4 Å². The molecule has 2 N–H and O–H groups in total. The number of ether oxygens (including phenoxy) is 1. The summed E-state index contributed by atoms with van der Waals surface area (Å²) < 4.78 is 44.9.